The molecular weight excluding hydrogens is 270 g/mol. The SMILES string of the molecule is NC(Cc1cccc(Cl)c1)CC1COc2ccccc21. The molecule has 2 unspecified atom stereocenters. The lowest BCUT2D eigenvalue weighted by Gasteiger charge is -2.16. The molecule has 2 nitrogen and oxygen atoms in total. The maximum atomic E-state index is 6.29. The lowest BCUT2D eigenvalue weighted by molar-refractivity contribution is 0.318. The van der Waals surface area contributed by atoms with Crippen LogP contribution in [0.3, 0.4) is 0 Å². The minimum absolute atomic E-state index is 0.119. The molecule has 0 fully saturated rings. The molecule has 3 heteroatoms. The zero-order valence-corrected chi connectivity index (χ0v) is 12.0. The predicted molar refractivity (Wildman–Crippen MR) is 82.4 cm³/mol. The number of hydrogen-bond donors (Lipinski definition) is 1. The summed E-state index contributed by atoms with van der Waals surface area (Å²) in [4.78, 5) is 0. The van der Waals surface area contributed by atoms with Crippen molar-refractivity contribution >= 4 is 11.6 Å². The minimum atomic E-state index is 0.119. The summed E-state index contributed by atoms with van der Waals surface area (Å²) in [5.41, 5.74) is 8.77. The monoisotopic (exact) mass is 287 g/mol. The van der Waals surface area contributed by atoms with Crippen LogP contribution in [-0.2, 0) is 6.42 Å². The summed E-state index contributed by atoms with van der Waals surface area (Å²) in [5.74, 6) is 1.41. The Morgan fingerprint density at radius 1 is 1.20 bits per heavy atom. The summed E-state index contributed by atoms with van der Waals surface area (Å²) in [7, 11) is 0. The van der Waals surface area contributed by atoms with Gasteiger partial charge in [0.15, 0.2) is 0 Å². The first-order chi connectivity index (χ1) is 9.72. The van der Waals surface area contributed by atoms with Crippen LogP contribution in [0, 0.1) is 0 Å². The fraction of sp³-hybridized carbons (Fsp3) is 0.294. The number of fused-ring (bicyclic) bond motifs is 1. The van der Waals surface area contributed by atoms with Crippen LogP contribution in [-0.4, -0.2) is 12.6 Å². The molecule has 1 aliphatic heterocycles. The zero-order valence-electron chi connectivity index (χ0n) is 11.3. The topological polar surface area (TPSA) is 35.2 Å². The highest BCUT2D eigenvalue weighted by molar-refractivity contribution is 6.30. The van der Waals surface area contributed by atoms with Gasteiger partial charge >= 0.3 is 0 Å². The first kappa shape index (κ1) is 13.5. The van der Waals surface area contributed by atoms with Crippen LogP contribution in [0.2, 0.25) is 5.02 Å². The summed E-state index contributed by atoms with van der Waals surface area (Å²) in [5, 5.41) is 0.768. The van der Waals surface area contributed by atoms with Crippen LogP contribution in [0.15, 0.2) is 48.5 Å². The Labute approximate surface area is 124 Å². The van der Waals surface area contributed by atoms with E-state index in [2.05, 4.69) is 18.2 Å². The van der Waals surface area contributed by atoms with Crippen molar-refractivity contribution in [1.82, 2.24) is 0 Å². The molecule has 0 amide bonds. The number of halogens is 1. The summed E-state index contributed by atoms with van der Waals surface area (Å²) in [6.45, 7) is 0.739. The third-order valence-corrected chi connectivity index (χ3v) is 4.01. The van der Waals surface area contributed by atoms with Crippen molar-refractivity contribution in [2.75, 3.05) is 6.61 Å². The first-order valence-corrected chi connectivity index (χ1v) is 7.32. The molecule has 2 atom stereocenters. The minimum Gasteiger partial charge on any atom is -0.493 e. The van der Waals surface area contributed by atoms with Gasteiger partial charge in [-0.05, 0) is 36.6 Å². The molecule has 104 valence electrons. The smallest absolute Gasteiger partial charge is 0.122 e. The van der Waals surface area contributed by atoms with Crippen molar-refractivity contribution in [2.24, 2.45) is 5.73 Å². The zero-order chi connectivity index (χ0) is 13.9. The predicted octanol–water partition coefficient (Wildman–Crippen LogP) is 3.78. The molecule has 2 aromatic carbocycles. The van der Waals surface area contributed by atoms with E-state index in [0.717, 1.165) is 30.2 Å². The average Bonchev–Trinajstić information content (AvgIpc) is 2.82. The Bertz CT molecular complexity index is 599. The fourth-order valence-electron chi connectivity index (χ4n) is 2.84. The molecule has 2 aromatic rings. The number of benzene rings is 2. The second-order valence-electron chi connectivity index (χ2n) is 5.38. The van der Waals surface area contributed by atoms with Crippen molar-refractivity contribution < 1.29 is 4.74 Å². The lowest BCUT2D eigenvalue weighted by Crippen LogP contribution is -2.26. The van der Waals surface area contributed by atoms with E-state index in [0.29, 0.717) is 5.92 Å². The van der Waals surface area contributed by atoms with Crippen molar-refractivity contribution in [1.29, 1.82) is 0 Å². The lowest BCUT2D eigenvalue weighted by atomic mass is 9.91. The van der Waals surface area contributed by atoms with Gasteiger partial charge in [-0.1, -0.05) is 41.9 Å². The van der Waals surface area contributed by atoms with E-state index in [1.54, 1.807) is 0 Å². The number of ether oxygens (including phenoxy) is 1. The van der Waals surface area contributed by atoms with Crippen molar-refractivity contribution in [3.63, 3.8) is 0 Å². The van der Waals surface area contributed by atoms with E-state index in [1.165, 1.54) is 11.1 Å². The van der Waals surface area contributed by atoms with Gasteiger partial charge in [0, 0.05) is 22.5 Å². The summed E-state index contributed by atoms with van der Waals surface area (Å²) in [6.07, 6.45) is 1.78. The third kappa shape index (κ3) is 2.97. The van der Waals surface area contributed by atoms with Gasteiger partial charge in [-0.3, -0.25) is 0 Å². The van der Waals surface area contributed by atoms with Crippen LogP contribution in [0.5, 0.6) is 5.75 Å². The number of hydrogen-bond acceptors (Lipinski definition) is 2. The maximum Gasteiger partial charge on any atom is 0.122 e. The molecule has 0 radical (unpaired) electrons. The highest BCUT2D eigenvalue weighted by Gasteiger charge is 2.25. The number of para-hydroxylation sites is 1. The van der Waals surface area contributed by atoms with E-state index in [1.807, 2.05) is 30.3 Å². The van der Waals surface area contributed by atoms with Gasteiger partial charge < -0.3 is 10.5 Å². The van der Waals surface area contributed by atoms with Gasteiger partial charge in [-0.25, -0.2) is 0 Å². The summed E-state index contributed by atoms with van der Waals surface area (Å²) in [6, 6.07) is 16.3. The van der Waals surface area contributed by atoms with Crippen LogP contribution in [0.25, 0.3) is 0 Å². The molecule has 0 aromatic heterocycles. The Morgan fingerprint density at radius 2 is 2.05 bits per heavy atom. The van der Waals surface area contributed by atoms with E-state index < -0.39 is 0 Å². The normalized spacial score (nSPS) is 18.4. The molecule has 2 N–H and O–H groups in total. The molecule has 0 saturated carbocycles. The Balaban J connectivity index is 1.64. The quantitative estimate of drug-likeness (QED) is 0.929. The molecule has 0 aliphatic carbocycles. The van der Waals surface area contributed by atoms with Crippen LogP contribution >= 0.6 is 11.6 Å². The van der Waals surface area contributed by atoms with E-state index in [-0.39, 0.29) is 6.04 Å². The second kappa shape index (κ2) is 5.86. The van der Waals surface area contributed by atoms with E-state index in [4.69, 9.17) is 22.1 Å². The highest BCUT2D eigenvalue weighted by Crippen LogP contribution is 2.36. The Kier molecular flexibility index (Phi) is 3.95. The number of nitrogens with two attached hydrogens (primary N) is 1. The van der Waals surface area contributed by atoms with Crippen LogP contribution < -0.4 is 10.5 Å². The van der Waals surface area contributed by atoms with Gasteiger partial charge in [0.2, 0.25) is 0 Å². The first-order valence-electron chi connectivity index (χ1n) is 6.94. The Hall–Kier alpha value is -1.51. The molecule has 1 heterocycles. The van der Waals surface area contributed by atoms with Crippen molar-refractivity contribution in [3.05, 3.63) is 64.7 Å². The van der Waals surface area contributed by atoms with Crippen molar-refractivity contribution in [2.45, 2.75) is 24.8 Å². The number of rotatable bonds is 4. The Morgan fingerprint density at radius 3 is 2.90 bits per heavy atom. The highest BCUT2D eigenvalue weighted by atomic mass is 35.5. The molecule has 0 saturated heterocycles. The van der Waals surface area contributed by atoms with Gasteiger partial charge in [0.1, 0.15) is 5.75 Å². The van der Waals surface area contributed by atoms with Gasteiger partial charge in [0.05, 0.1) is 6.61 Å². The van der Waals surface area contributed by atoms with Gasteiger partial charge in [-0.2, -0.15) is 0 Å². The molecule has 0 bridgehead atoms. The third-order valence-electron chi connectivity index (χ3n) is 3.77. The molecular formula is C17H18ClNO. The van der Waals surface area contributed by atoms with Gasteiger partial charge in [-0.15, -0.1) is 0 Å². The molecule has 1 aliphatic rings. The summed E-state index contributed by atoms with van der Waals surface area (Å²) < 4.78 is 5.70. The second-order valence-corrected chi connectivity index (χ2v) is 5.81. The molecule has 3 rings (SSSR count). The van der Waals surface area contributed by atoms with Crippen LogP contribution in [0.1, 0.15) is 23.5 Å². The largest absolute Gasteiger partial charge is 0.493 e. The van der Waals surface area contributed by atoms with Crippen LogP contribution in [0.4, 0.5) is 0 Å². The fourth-order valence-corrected chi connectivity index (χ4v) is 3.05. The standard InChI is InChI=1S/C17H18ClNO/c18-14-5-3-4-12(8-14)9-15(19)10-13-11-20-17-7-2-1-6-16(13)17/h1-8,13,15H,9-11,19H2. The van der Waals surface area contributed by atoms with Crippen molar-refractivity contribution in [3.8, 4) is 5.75 Å². The van der Waals surface area contributed by atoms with Gasteiger partial charge in [0.25, 0.3) is 0 Å². The average molecular weight is 288 g/mol. The molecule has 20 heavy (non-hydrogen) atoms. The summed E-state index contributed by atoms with van der Waals surface area (Å²) >= 11 is 6.00. The van der Waals surface area contributed by atoms with E-state index >= 15 is 0 Å². The molecule has 0 spiro atoms. The maximum absolute atomic E-state index is 6.29. The van der Waals surface area contributed by atoms with E-state index in [9.17, 15) is 0 Å².